The smallest absolute Gasteiger partial charge is 0.0485 e. The molecule has 2 nitrogen and oxygen atoms in total. The first-order valence-electron chi connectivity index (χ1n) is 6.73. The summed E-state index contributed by atoms with van der Waals surface area (Å²) in [6.45, 7) is 1.68. The summed E-state index contributed by atoms with van der Waals surface area (Å²) in [7, 11) is 0. The van der Waals surface area contributed by atoms with Gasteiger partial charge in [0.25, 0.3) is 0 Å². The highest BCUT2D eigenvalue weighted by atomic mass is 15.1. The van der Waals surface area contributed by atoms with Gasteiger partial charge < -0.3 is 10.6 Å². The van der Waals surface area contributed by atoms with Gasteiger partial charge in [-0.2, -0.15) is 0 Å². The van der Waals surface area contributed by atoms with Crippen molar-refractivity contribution in [2.45, 2.75) is 6.42 Å². The van der Waals surface area contributed by atoms with Crippen LogP contribution in [0.25, 0.3) is 17.2 Å². The Bertz CT molecular complexity index is 602. The second-order valence-electron chi connectivity index (χ2n) is 4.76. The van der Waals surface area contributed by atoms with Crippen LogP contribution in [0, 0.1) is 0 Å². The van der Waals surface area contributed by atoms with Gasteiger partial charge in [0.15, 0.2) is 0 Å². The van der Waals surface area contributed by atoms with E-state index in [1.165, 1.54) is 22.4 Å². The molecule has 2 heteroatoms. The zero-order valence-electron chi connectivity index (χ0n) is 10.9. The number of anilines is 1. The molecule has 0 bridgehead atoms. The molecule has 0 saturated carbocycles. The minimum Gasteiger partial charge on any atom is -0.347 e. The Balaban J connectivity index is 2.12. The van der Waals surface area contributed by atoms with Crippen molar-refractivity contribution in [3.05, 3.63) is 60.3 Å². The number of nitrogens with zero attached hydrogens (tertiary/aromatic N) is 1. The van der Waals surface area contributed by atoms with E-state index in [9.17, 15) is 0 Å². The van der Waals surface area contributed by atoms with Gasteiger partial charge in [0, 0.05) is 24.0 Å². The van der Waals surface area contributed by atoms with E-state index >= 15 is 0 Å². The number of hydrogen-bond acceptors (Lipinski definition) is 2. The third-order valence-electron chi connectivity index (χ3n) is 3.50. The first kappa shape index (κ1) is 12.0. The van der Waals surface area contributed by atoms with Crippen molar-refractivity contribution >= 4 is 11.8 Å². The summed E-state index contributed by atoms with van der Waals surface area (Å²) >= 11 is 0. The van der Waals surface area contributed by atoms with Crippen molar-refractivity contribution in [2.75, 3.05) is 18.0 Å². The normalized spacial score (nSPS) is 12.8. The first-order valence-corrected chi connectivity index (χ1v) is 6.73. The predicted molar refractivity (Wildman–Crippen MR) is 81.9 cm³/mol. The van der Waals surface area contributed by atoms with Crippen LogP contribution in [0.1, 0.15) is 12.0 Å². The van der Waals surface area contributed by atoms with Gasteiger partial charge in [0.05, 0.1) is 0 Å². The van der Waals surface area contributed by atoms with E-state index in [2.05, 4.69) is 65.7 Å². The summed E-state index contributed by atoms with van der Waals surface area (Å²) in [4.78, 5) is 2.29. The quantitative estimate of drug-likeness (QED) is 0.903. The molecule has 0 fully saturated rings. The summed E-state index contributed by atoms with van der Waals surface area (Å²) in [5.41, 5.74) is 10.8. The number of fused-ring (bicyclic) bond motifs is 3. The average molecular weight is 250 g/mol. The standard InChI is InChI=1S/C17H18N2/c18-11-5-12-19-13-10-14-6-1-2-7-15(14)16-8-3-4-9-17(16)19/h1-4,6-10,13H,5,11-12,18H2. The average Bonchev–Trinajstić information content (AvgIpc) is 2.63. The SMILES string of the molecule is NCCCN1C=Cc2ccccc2-c2ccccc21. The van der Waals surface area contributed by atoms with Crippen LogP contribution in [-0.4, -0.2) is 13.1 Å². The third-order valence-corrected chi connectivity index (χ3v) is 3.50. The van der Waals surface area contributed by atoms with Gasteiger partial charge in [-0.3, -0.25) is 0 Å². The highest BCUT2D eigenvalue weighted by molar-refractivity contribution is 5.87. The molecule has 19 heavy (non-hydrogen) atoms. The van der Waals surface area contributed by atoms with Crippen LogP contribution < -0.4 is 10.6 Å². The molecule has 1 aliphatic rings. The van der Waals surface area contributed by atoms with Crippen LogP contribution in [-0.2, 0) is 0 Å². The summed E-state index contributed by atoms with van der Waals surface area (Å²) in [5, 5.41) is 0. The van der Waals surface area contributed by atoms with Crippen molar-refractivity contribution in [1.29, 1.82) is 0 Å². The molecule has 0 atom stereocenters. The Morgan fingerprint density at radius 3 is 2.47 bits per heavy atom. The van der Waals surface area contributed by atoms with Crippen LogP contribution in [0.3, 0.4) is 0 Å². The van der Waals surface area contributed by atoms with E-state index in [-0.39, 0.29) is 0 Å². The van der Waals surface area contributed by atoms with Gasteiger partial charge in [0.1, 0.15) is 0 Å². The van der Waals surface area contributed by atoms with Crippen LogP contribution in [0.2, 0.25) is 0 Å². The lowest BCUT2D eigenvalue weighted by Gasteiger charge is -2.21. The van der Waals surface area contributed by atoms with Crippen molar-refractivity contribution in [2.24, 2.45) is 5.73 Å². The van der Waals surface area contributed by atoms with Crippen LogP contribution in [0.4, 0.5) is 5.69 Å². The molecule has 0 saturated heterocycles. The number of hydrogen-bond donors (Lipinski definition) is 1. The molecule has 96 valence electrons. The molecular weight excluding hydrogens is 232 g/mol. The Morgan fingerprint density at radius 2 is 1.63 bits per heavy atom. The van der Waals surface area contributed by atoms with E-state index in [0.29, 0.717) is 0 Å². The zero-order valence-corrected chi connectivity index (χ0v) is 10.9. The summed E-state index contributed by atoms with van der Waals surface area (Å²) < 4.78 is 0. The van der Waals surface area contributed by atoms with E-state index < -0.39 is 0 Å². The van der Waals surface area contributed by atoms with E-state index in [1.54, 1.807) is 0 Å². The van der Waals surface area contributed by atoms with Gasteiger partial charge in [-0.1, -0.05) is 42.5 Å². The lowest BCUT2D eigenvalue weighted by molar-refractivity contribution is 0.816. The van der Waals surface area contributed by atoms with Crippen molar-refractivity contribution in [1.82, 2.24) is 0 Å². The summed E-state index contributed by atoms with van der Waals surface area (Å²) in [6.07, 6.45) is 5.35. The zero-order chi connectivity index (χ0) is 13.1. The number of benzene rings is 2. The molecule has 0 spiro atoms. The molecule has 2 aromatic rings. The Morgan fingerprint density at radius 1 is 0.895 bits per heavy atom. The maximum Gasteiger partial charge on any atom is 0.0485 e. The van der Waals surface area contributed by atoms with E-state index in [1.807, 2.05) is 0 Å². The second-order valence-corrected chi connectivity index (χ2v) is 4.76. The maximum atomic E-state index is 5.64. The Hall–Kier alpha value is -2.06. The molecule has 2 aromatic carbocycles. The highest BCUT2D eigenvalue weighted by Gasteiger charge is 2.14. The number of rotatable bonds is 3. The van der Waals surface area contributed by atoms with E-state index in [0.717, 1.165) is 19.5 Å². The van der Waals surface area contributed by atoms with Gasteiger partial charge in [-0.25, -0.2) is 0 Å². The van der Waals surface area contributed by atoms with Gasteiger partial charge in [0.2, 0.25) is 0 Å². The van der Waals surface area contributed by atoms with Crippen LogP contribution in [0.5, 0.6) is 0 Å². The molecule has 0 unspecified atom stereocenters. The molecule has 1 heterocycles. The monoisotopic (exact) mass is 250 g/mol. The Labute approximate surface area is 114 Å². The molecule has 0 amide bonds. The molecule has 0 aliphatic carbocycles. The molecule has 2 N–H and O–H groups in total. The van der Waals surface area contributed by atoms with Crippen molar-refractivity contribution < 1.29 is 0 Å². The molecule has 1 aliphatic heterocycles. The predicted octanol–water partition coefficient (Wildman–Crippen LogP) is 3.49. The van der Waals surface area contributed by atoms with Gasteiger partial charge in [-0.15, -0.1) is 0 Å². The van der Waals surface area contributed by atoms with Gasteiger partial charge >= 0.3 is 0 Å². The minimum atomic E-state index is 0.722. The lowest BCUT2D eigenvalue weighted by Crippen LogP contribution is -2.20. The first-order chi connectivity index (χ1) is 9.40. The highest BCUT2D eigenvalue weighted by Crippen LogP contribution is 2.36. The fourth-order valence-electron chi connectivity index (χ4n) is 2.55. The fourth-order valence-corrected chi connectivity index (χ4v) is 2.55. The van der Waals surface area contributed by atoms with Gasteiger partial charge in [-0.05, 0) is 36.2 Å². The number of para-hydroxylation sites is 1. The molecule has 3 rings (SSSR count). The Kier molecular flexibility index (Phi) is 3.34. The third kappa shape index (κ3) is 2.27. The summed E-state index contributed by atoms with van der Waals surface area (Å²) in [6, 6.07) is 17.1. The van der Waals surface area contributed by atoms with E-state index in [4.69, 9.17) is 5.73 Å². The van der Waals surface area contributed by atoms with Crippen molar-refractivity contribution in [3.8, 4) is 11.1 Å². The molecule has 0 aromatic heterocycles. The number of nitrogens with two attached hydrogens (primary N) is 1. The van der Waals surface area contributed by atoms with Crippen molar-refractivity contribution in [3.63, 3.8) is 0 Å². The summed E-state index contributed by atoms with van der Waals surface area (Å²) in [5.74, 6) is 0. The maximum absolute atomic E-state index is 5.64. The lowest BCUT2D eigenvalue weighted by atomic mass is 9.99. The molecule has 0 radical (unpaired) electrons. The van der Waals surface area contributed by atoms with Crippen LogP contribution in [0.15, 0.2) is 54.7 Å². The second kappa shape index (κ2) is 5.29. The fraction of sp³-hybridized carbons (Fsp3) is 0.176. The largest absolute Gasteiger partial charge is 0.347 e. The van der Waals surface area contributed by atoms with Crippen LogP contribution >= 0.6 is 0 Å². The molecular formula is C17H18N2. The minimum absolute atomic E-state index is 0.722. The topological polar surface area (TPSA) is 29.3 Å².